The highest BCUT2D eigenvalue weighted by Crippen LogP contribution is 2.25. The van der Waals surface area contributed by atoms with Crippen molar-refractivity contribution < 1.29 is 4.42 Å². The number of hydrogen-bond acceptors (Lipinski definition) is 2. The molecule has 0 aliphatic carbocycles. The molecule has 0 fully saturated rings. The Morgan fingerprint density at radius 2 is 2.31 bits per heavy atom. The summed E-state index contributed by atoms with van der Waals surface area (Å²) < 4.78 is 5.06. The van der Waals surface area contributed by atoms with E-state index in [1.807, 2.05) is 19.4 Å². The standard InChI is InChI=1S/C11H19NO/c1-4-11(2,9-12-3)7-10-5-6-13-8-10/h5-6,8,12H,4,7,9H2,1-3H3. The van der Waals surface area contributed by atoms with Crippen LogP contribution in [0.1, 0.15) is 25.8 Å². The topological polar surface area (TPSA) is 25.2 Å². The Labute approximate surface area is 80.3 Å². The molecule has 0 aliphatic rings. The van der Waals surface area contributed by atoms with Gasteiger partial charge in [0.1, 0.15) is 0 Å². The first kappa shape index (κ1) is 10.3. The second-order valence-corrected chi connectivity index (χ2v) is 4.00. The van der Waals surface area contributed by atoms with Crippen molar-refractivity contribution in [2.75, 3.05) is 13.6 Å². The average molecular weight is 181 g/mol. The molecular weight excluding hydrogens is 162 g/mol. The minimum atomic E-state index is 0.346. The van der Waals surface area contributed by atoms with Gasteiger partial charge < -0.3 is 9.73 Å². The van der Waals surface area contributed by atoms with E-state index >= 15 is 0 Å². The van der Waals surface area contributed by atoms with E-state index in [9.17, 15) is 0 Å². The summed E-state index contributed by atoms with van der Waals surface area (Å²) >= 11 is 0. The molecule has 13 heavy (non-hydrogen) atoms. The second kappa shape index (κ2) is 4.47. The SMILES string of the molecule is CCC(C)(CNC)Cc1ccoc1. The number of rotatable bonds is 5. The summed E-state index contributed by atoms with van der Waals surface area (Å²) in [6.45, 7) is 5.59. The van der Waals surface area contributed by atoms with E-state index in [0.29, 0.717) is 5.41 Å². The van der Waals surface area contributed by atoms with E-state index in [2.05, 4.69) is 19.2 Å². The molecule has 2 heteroatoms. The summed E-state index contributed by atoms with van der Waals surface area (Å²) in [5.41, 5.74) is 1.64. The maximum absolute atomic E-state index is 5.06. The predicted octanol–water partition coefficient (Wildman–Crippen LogP) is 2.46. The molecule has 2 nitrogen and oxygen atoms in total. The molecule has 0 aromatic carbocycles. The molecule has 1 N–H and O–H groups in total. The normalized spacial score (nSPS) is 15.6. The summed E-state index contributed by atoms with van der Waals surface area (Å²) in [5, 5.41) is 3.24. The molecule has 0 saturated carbocycles. The van der Waals surface area contributed by atoms with Crippen LogP contribution in [0.4, 0.5) is 0 Å². The predicted molar refractivity (Wildman–Crippen MR) is 54.7 cm³/mol. The Morgan fingerprint density at radius 1 is 1.54 bits per heavy atom. The lowest BCUT2D eigenvalue weighted by molar-refractivity contribution is 0.298. The van der Waals surface area contributed by atoms with Gasteiger partial charge in [-0.25, -0.2) is 0 Å². The van der Waals surface area contributed by atoms with Gasteiger partial charge in [0, 0.05) is 6.54 Å². The van der Waals surface area contributed by atoms with Crippen LogP contribution in [0.5, 0.6) is 0 Å². The smallest absolute Gasteiger partial charge is 0.0934 e. The van der Waals surface area contributed by atoms with E-state index in [4.69, 9.17) is 4.42 Å². The van der Waals surface area contributed by atoms with Crippen molar-refractivity contribution in [3.05, 3.63) is 24.2 Å². The Balaban J connectivity index is 2.58. The lowest BCUT2D eigenvalue weighted by Crippen LogP contribution is -2.31. The van der Waals surface area contributed by atoms with E-state index in [0.717, 1.165) is 13.0 Å². The van der Waals surface area contributed by atoms with Crippen molar-refractivity contribution in [3.63, 3.8) is 0 Å². The molecule has 1 heterocycles. The van der Waals surface area contributed by atoms with E-state index in [1.54, 1.807) is 6.26 Å². The monoisotopic (exact) mass is 181 g/mol. The third kappa shape index (κ3) is 2.88. The van der Waals surface area contributed by atoms with Gasteiger partial charge >= 0.3 is 0 Å². The van der Waals surface area contributed by atoms with Crippen LogP contribution in [-0.2, 0) is 6.42 Å². The fourth-order valence-electron chi connectivity index (χ4n) is 1.63. The van der Waals surface area contributed by atoms with Crippen LogP contribution < -0.4 is 5.32 Å². The maximum Gasteiger partial charge on any atom is 0.0934 e. The van der Waals surface area contributed by atoms with Crippen molar-refractivity contribution >= 4 is 0 Å². The van der Waals surface area contributed by atoms with Crippen LogP contribution in [-0.4, -0.2) is 13.6 Å². The summed E-state index contributed by atoms with van der Waals surface area (Å²) in [6.07, 6.45) is 5.84. The first-order chi connectivity index (χ1) is 6.20. The zero-order valence-electron chi connectivity index (χ0n) is 8.76. The van der Waals surface area contributed by atoms with Gasteiger partial charge in [-0.15, -0.1) is 0 Å². The summed E-state index contributed by atoms with van der Waals surface area (Å²) in [6, 6.07) is 2.05. The minimum absolute atomic E-state index is 0.346. The molecular formula is C11H19NO. The molecule has 0 saturated heterocycles. The first-order valence-corrected chi connectivity index (χ1v) is 4.86. The van der Waals surface area contributed by atoms with Crippen molar-refractivity contribution in [3.8, 4) is 0 Å². The fourth-order valence-corrected chi connectivity index (χ4v) is 1.63. The largest absolute Gasteiger partial charge is 0.472 e. The molecule has 1 rings (SSSR count). The highest BCUT2D eigenvalue weighted by molar-refractivity contribution is 5.08. The van der Waals surface area contributed by atoms with E-state index in [-0.39, 0.29) is 0 Å². The van der Waals surface area contributed by atoms with Crippen LogP contribution in [0.3, 0.4) is 0 Å². The molecule has 0 spiro atoms. The lowest BCUT2D eigenvalue weighted by Gasteiger charge is -2.27. The average Bonchev–Trinajstić information content (AvgIpc) is 2.57. The van der Waals surface area contributed by atoms with Crippen LogP contribution in [0.25, 0.3) is 0 Å². The van der Waals surface area contributed by atoms with E-state index in [1.165, 1.54) is 12.0 Å². The van der Waals surface area contributed by atoms with Crippen LogP contribution in [0, 0.1) is 5.41 Å². The van der Waals surface area contributed by atoms with Crippen molar-refractivity contribution in [2.24, 2.45) is 5.41 Å². The van der Waals surface area contributed by atoms with Gasteiger partial charge in [0.15, 0.2) is 0 Å². The summed E-state index contributed by atoms with van der Waals surface area (Å²) in [7, 11) is 2.00. The lowest BCUT2D eigenvalue weighted by atomic mass is 9.82. The number of furan rings is 1. The van der Waals surface area contributed by atoms with Crippen LogP contribution >= 0.6 is 0 Å². The summed E-state index contributed by atoms with van der Waals surface area (Å²) in [4.78, 5) is 0. The van der Waals surface area contributed by atoms with Crippen LogP contribution in [0.2, 0.25) is 0 Å². The third-order valence-corrected chi connectivity index (χ3v) is 2.67. The van der Waals surface area contributed by atoms with Gasteiger partial charge in [-0.05, 0) is 36.9 Å². The molecule has 1 unspecified atom stereocenters. The fraction of sp³-hybridized carbons (Fsp3) is 0.636. The molecule has 74 valence electrons. The Bertz CT molecular complexity index is 230. The number of nitrogens with one attached hydrogen (secondary N) is 1. The molecule has 1 aromatic rings. The molecule has 1 atom stereocenters. The van der Waals surface area contributed by atoms with E-state index < -0.39 is 0 Å². The van der Waals surface area contributed by atoms with Gasteiger partial charge in [0.2, 0.25) is 0 Å². The molecule has 0 aliphatic heterocycles. The molecule has 0 amide bonds. The highest BCUT2D eigenvalue weighted by atomic mass is 16.3. The molecule has 0 radical (unpaired) electrons. The minimum Gasteiger partial charge on any atom is -0.472 e. The third-order valence-electron chi connectivity index (χ3n) is 2.67. The highest BCUT2D eigenvalue weighted by Gasteiger charge is 2.21. The van der Waals surface area contributed by atoms with Crippen molar-refractivity contribution in [1.29, 1.82) is 0 Å². The number of hydrogen-bond donors (Lipinski definition) is 1. The zero-order valence-corrected chi connectivity index (χ0v) is 8.76. The Hall–Kier alpha value is -0.760. The quantitative estimate of drug-likeness (QED) is 0.754. The van der Waals surface area contributed by atoms with Crippen molar-refractivity contribution in [2.45, 2.75) is 26.7 Å². The van der Waals surface area contributed by atoms with Gasteiger partial charge in [0.05, 0.1) is 12.5 Å². The first-order valence-electron chi connectivity index (χ1n) is 4.86. The molecule has 1 aromatic heterocycles. The Kier molecular flexibility index (Phi) is 3.55. The van der Waals surface area contributed by atoms with Gasteiger partial charge in [-0.3, -0.25) is 0 Å². The van der Waals surface area contributed by atoms with Gasteiger partial charge in [0.25, 0.3) is 0 Å². The van der Waals surface area contributed by atoms with Crippen molar-refractivity contribution in [1.82, 2.24) is 5.32 Å². The van der Waals surface area contributed by atoms with Gasteiger partial charge in [-0.2, -0.15) is 0 Å². The van der Waals surface area contributed by atoms with Gasteiger partial charge in [-0.1, -0.05) is 13.8 Å². The Morgan fingerprint density at radius 3 is 2.77 bits per heavy atom. The maximum atomic E-state index is 5.06. The van der Waals surface area contributed by atoms with Crippen LogP contribution in [0.15, 0.2) is 23.0 Å². The molecule has 0 bridgehead atoms. The summed E-state index contributed by atoms with van der Waals surface area (Å²) in [5.74, 6) is 0. The zero-order chi connectivity index (χ0) is 9.73. The second-order valence-electron chi connectivity index (χ2n) is 4.00.